The van der Waals surface area contributed by atoms with Crippen LogP contribution in [-0.2, 0) is 6.54 Å². The summed E-state index contributed by atoms with van der Waals surface area (Å²) in [6.45, 7) is 4.96. The van der Waals surface area contributed by atoms with Crippen LogP contribution >= 0.6 is 0 Å². The Morgan fingerprint density at radius 2 is 1.90 bits per heavy atom. The van der Waals surface area contributed by atoms with Gasteiger partial charge in [-0.1, -0.05) is 56.3 Å². The summed E-state index contributed by atoms with van der Waals surface area (Å²) in [7, 11) is 0. The Labute approximate surface area is 119 Å². The monoisotopic (exact) mass is 272 g/mol. The minimum Gasteiger partial charge on any atom is -0.464 e. The zero-order chi connectivity index (χ0) is 14.5. The van der Waals surface area contributed by atoms with Gasteiger partial charge in [-0.15, -0.1) is 0 Å². The largest absolute Gasteiger partial charge is 0.464 e. The van der Waals surface area contributed by atoms with Crippen molar-refractivity contribution in [2.45, 2.75) is 20.4 Å². The minimum atomic E-state index is -0.945. The number of nitrogens with zero attached hydrogens (tertiary/aromatic N) is 1. The van der Waals surface area contributed by atoms with Gasteiger partial charge in [0.1, 0.15) is 0 Å². The quantitative estimate of drug-likeness (QED) is 0.819. The molecular formula is C16H20N2O2. The lowest BCUT2D eigenvalue weighted by atomic mass is 10.0. The fourth-order valence-corrected chi connectivity index (χ4v) is 2.20. The first-order valence-corrected chi connectivity index (χ1v) is 6.78. The molecule has 0 unspecified atom stereocenters. The number of hydrazine groups is 1. The topological polar surface area (TPSA) is 52.6 Å². The average molecular weight is 272 g/mol. The van der Waals surface area contributed by atoms with E-state index in [9.17, 15) is 9.90 Å². The molecule has 2 N–H and O–H groups in total. The summed E-state index contributed by atoms with van der Waals surface area (Å²) in [5.74, 6) is 0.283. The number of hydrogen-bond acceptors (Lipinski definition) is 2. The molecule has 0 heterocycles. The highest BCUT2D eigenvalue weighted by molar-refractivity contribution is 5.85. The van der Waals surface area contributed by atoms with Crippen molar-refractivity contribution in [3.63, 3.8) is 0 Å². The van der Waals surface area contributed by atoms with E-state index >= 15 is 0 Å². The number of nitrogens with one attached hydrogen (secondary N) is 1. The molecular weight excluding hydrogens is 252 g/mol. The molecule has 20 heavy (non-hydrogen) atoms. The van der Waals surface area contributed by atoms with Crippen LogP contribution in [0.3, 0.4) is 0 Å². The van der Waals surface area contributed by atoms with Crippen LogP contribution in [0.2, 0.25) is 0 Å². The summed E-state index contributed by atoms with van der Waals surface area (Å²) in [6, 6.07) is 14.2. The Bertz CT molecular complexity index is 591. The van der Waals surface area contributed by atoms with E-state index in [1.807, 2.05) is 38.1 Å². The third-order valence-electron chi connectivity index (χ3n) is 3.12. The molecule has 0 saturated heterocycles. The molecule has 2 rings (SSSR count). The van der Waals surface area contributed by atoms with Gasteiger partial charge in [0.25, 0.3) is 0 Å². The molecule has 1 amide bonds. The minimum absolute atomic E-state index is 0.283. The molecule has 0 fully saturated rings. The van der Waals surface area contributed by atoms with Gasteiger partial charge in [0.05, 0.1) is 0 Å². The van der Waals surface area contributed by atoms with Crippen LogP contribution in [0.4, 0.5) is 4.79 Å². The van der Waals surface area contributed by atoms with Crippen LogP contribution < -0.4 is 5.43 Å². The molecule has 0 atom stereocenters. The van der Waals surface area contributed by atoms with Gasteiger partial charge >= 0.3 is 6.09 Å². The van der Waals surface area contributed by atoms with Crippen molar-refractivity contribution in [2.75, 3.05) is 6.54 Å². The summed E-state index contributed by atoms with van der Waals surface area (Å²) in [4.78, 5) is 11.2. The summed E-state index contributed by atoms with van der Waals surface area (Å²) < 4.78 is 0. The van der Waals surface area contributed by atoms with Crippen molar-refractivity contribution in [2.24, 2.45) is 5.92 Å². The van der Waals surface area contributed by atoms with Gasteiger partial charge in [-0.2, -0.15) is 0 Å². The second kappa shape index (κ2) is 6.39. The van der Waals surface area contributed by atoms with Gasteiger partial charge in [0.2, 0.25) is 0 Å². The molecule has 0 aliphatic carbocycles. The molecule has 4 heteroatoms. The molecule has 4 nitrogen and oxygen atoms in total. The van der Waals surface area contributed by atoms with E-state index in [1.54, 1.807) is 0 Å². The van der Waals surface area contributed by atoms with Crippen molar-refractivity contribution in [1.29, 1.82) is 0 Å². The summed E-state index contributed by atoms with van der Waals surface area (Å²) in [5, 5.41) is 12.7. The molecule has 0 aromatic heterocycles. The lowest BCUT2D eigenvalue weighted by Crippen LogP contribution is -2.43. The predicted molar refractivity (Wildman–Crippen MR) is 80.4 cm³/mol. The fraction of sp³-hybridized carbons (Fsp3) is 0.312. The lowest BCUT2D eigenvalue weighted by molar-refractivity contribution is 0.111. The van der Waals surface area contributed by atoms with Crippen LogP contribution in [0, 0.1) is 5.92 Å². The molecule has 0 aliphatic heterocycles. The zero-order valence-electron chi connectivity index (χ0n) is 11.8. The highest BCUT2D eigenvalue weighted by atomic mass is 16.4. The molecule has 0 saturated carbocycles. The van der Waals surface area contributed by atoms with Crippen molar-refractivity contribution in [1.82, 2.24) is 10.4 Å². The number of carbonyl (C=O) groups is 1. The van der Waals surface area contributed by atoms with E-state index in [2.05, 4.69) is 23.6 Å². The third kappa shape index (κ3) is 3.48. The molecule has 0 aliphatic rings. The van der Waals surface area contributed by atoms with Gasteiger partial charge in [0, 0.05) is 13.1 Å². The smallest absolute Gasteiger partial charge is 0.421 e. The van der Waals surface area contributed by atoms with Crippen LogP contribution in [0.5, 0.6) is 0 Å². The zero-order valence-corrected chi connectivity index (χ0v) is 11.8. The number of amides is 1. The molecule has 0 spiro atoms. The standard InChI is InChI=1S/C16H20N2O2/c1-12(2)11-18(16(19)20)17-10-14-8-5-7-13-6-3-4-9-15(13)14/h3-9,12,17H,10-11H2,1-2H3,(H,19,20). The maximum Gasteiger partial charge on any atom is 0.421 e. The lowest BCUT2D eigenvalue weighted by Gasteiger charge is -2.22. The predicted octanol–water partition coefficient (Wildman–Crippen LogP) is 3.48. The van der Waals surface area contributed by atoms with Crippen molar-refractivity contribution in [3.8, 4) is 0 Å². The van der Waals surface area contributed by atoms with E-state index in [0.717, 1.165) is 16.3 Å². The van der Waals surface area contributed by atoms with Gasteiger partial charge in [0.15, 0.2) is 0 Å². The second-order valence-electron chi connectivity index (χ2n) is 5.26. The SMILES string of the molecule is CC(C)CN(NCc1cccc2ccccc12)C(=O)O. The maximum absolute atomic E-state index is 11.2. The van der Waals surface area contributed by atoms with E-state index in [0.29, 0.717) is 13.1 Å². The van der Waals surface area contributed by atoms with Crippen LogP contribution in [0.1, 0.15) is 19.4 Å². The van der Waals surface area contributed by atoms with E-state index in [1.165, 1.54) is 5.01 Å². The highest BCUT2D eigenvalue weighted by Crippen LogP contribution is 2.18. The van der Waals surface area contributed by atoms with Crippen molar-refractivity contribution in [3.05, 3.63) is 48.0 Å². The van der Waals surface area contributed by atoms with E-state index in [4.69, 9.17) is 0 Å². The normalized spacial score (nSPS) is 10.9. The Morgan fingerprint density at radius 3 is 2.60 bits per heavy atom. The number of carboxylic acid groups (broad SMARTS) is 1. The first-order valence-electron chi connectivity index (χ1n) is 6.78. The summed E-state index contributed by atoms with van der Waals surface area (Å²) in [6.07, 6.45) is -0.945. The van der Waals surface area contributed by atoms with E-state index in [-0.39, 0.29) is 5.92 Å². The first kappa shape index (κ1) is 14.3. The van der Waals surface area contributed by atoms with E-state index < -0.39 is 6.09 Å². The number of benzene rings is 2. The van der Waals surface area contributed by atoms with Gasteiger partial charge in [-0.3, -0.25) is 0 Å². The second-order valence-corrected chi connectivity index (χ2v) is 5.26. The van der Waals surface area contributed by atoms with Crippen molar-refractivity contribution < 1.29 is 9.90 Å². The number of rotatable bonds is 5. The van der Waals surface area contributed by atoms with Crippen LogP contribution in [0.15, 0.2) is 42.5 Å². The summed E-state index contributed by atoms with van der Waals surface area (Å²) in [5.41, 5.74) is 4.09. The fourth-order valence-electron chi connectivity index (χ4n) is 2.20. The highest BCUT2D eigenvalue weighted by Gasteiger charge is 2.13. The molecule has 2 aromatic carbocycles. The first-order chi connectivity index (χ1) is 9.58. The molecule has 0 radical (unpaired) electrons. The molecule has 2 aromatic rings. The van der Waals surface area contributed by atoms with Crippen LogP contribution in [0.25, 0.3) is 10.8 Å². The summed E-state index contributed by atoms with van der Waals surface area (Å²) >= 11 is 0. The van der Waals surface area contributed by atoms with Gasteiger partial charge in [-0.25, -0.2) is 15.2 Å². The Morgan fingerprint density at radius 1 is 1.20 bits per heavy atom. The third-order valence-corrected chi connectivity index (χ3v) is 3.12. The van der Waals surface area contributed by atoms with Gasteiger partial charge in [-0.05, 0) is 22.3 Å². The number of fused-ring (bicyclic) bond motifs is 1. The Balaban J connectivity index is 2.13. The van der Waals surface area contributed by atoms with Crippen molar-refractivity contribution >= 4 is 16.9 Å². The van der Waals surface area contributed by atoms with Crippen LogP contribution in [-0.4, -0.2) is 22.8 Å². The Kier molecular flexibility index (Phi) is 4.58. The number of hydrogen-bond donors (Lipinski definition) is 2. The average Bonchev–Trinajstić information content (AvgIpc) is 2.42. The molecule has 0 bridgehead atoms. The maximum atomic E-state index is 11.2. The Hall–Kier alpha value is -2.07. The van der Waals surface area contributed by atoms with Gasteiger partial charge < -0.3 is 5.11 Å². The molecule has 106 valence electrons.